The van der Waals surface area contributed by atoms with E-state index in [1.807, 2.05) is 25.7 Å². The zero-order valence-corrected chi connectivity index (χ0v) is 32.3. The number of nitrogens with zero attached hydrogens (tertiary/aromatic N) is 1. The van der Waals surface area contributed by atoms with Crippen molar-refractivity contribution in [2.75, 3.05) is 39.4 Å². The van der Waals surface area contributed by atoms with Crippen LogP contribution in [-0.2, 0) is 23.7 Å². The molecular formula is C41H68N2O7. The smallest absolute Gasteiger partial charge is 0.223 e. The average Bonchev–Trinajstić information content (AvgIpc) is 3.67. The van der Waals surface area contributed by atoms with Gasteiger partial charge in [0.1, 0.15) is 6.10 Å². The van der Waals surface area contributed by atoms with Crippen molar-refractivity contribution >= 4 is 5.91 Å². The van der Waals surface area contributed by atoms with Crippen LogP contribution in [0.25, 0.3) is 0 Å². The van der Waals surface area contributed by atoms with Gasteiger partial charge in [0.2, 0.25) is 5.91 Å². The zero-order chi connectivity index (χ0) is 35.6. The van der Waals surface area contributed by atoms with Gasteiger partial charge >= 0.3 is 0 Å². The number of aliphatic hydroxyl groups is 2. The van der Waals surface area contributed by atoms with Gasteiger partial charge in [-0.25, -0.2) is 0 Å². The van der Waals surface area contributed by atoms with Gasteiger partial charge in [0.25, 0.3) is 0 Å². The molecule has 0 aromatic rings. The molecule has 50 heavy (non-hydrogen) atoms. The standard InChI is InChI=1S/C41H68N2O7/c1-9-47-35(37(5,6)46)26-18-24(2)32-33(49-26)34(45)39(8)28-11-10-27-36(3,4)29(12-13-40(27)23-41(28,40)15-14-38(32,39)7)50-31-22-43(16-17-48-31)30(44)19-25-20-42-21-25/h24-29,31-35,42,45-46H,9-23H2,1-8H3/t24-,26-,27+,28+,29+,31+,32+,33+,34+,35+,38-,39-,40-,41+/m1/s1. The summed E-state index contributed by atoms with van der Waals surface area (Å²) in [6.07, 6.45) is 7.97. The Bertz CT molecular complexity index is 1320. The van der Waals surface area contributed by atoms with Gasteiger partial charge in [0.05, 0.1) is 43.2 Å². The largest absolute Gasteiger partial charge is 0.390 e. The van der Waals surface area contributed by atoms with Gasteiger partial charge in [-0.2, -0.15) is 0 Å². The van der Waals surface area contributed by atoms with Crippen LogP contribution < -0.4 is 5.32 Å². The van der Waals surface area contributed by atoms with Crippen molar-refractivity contribution in [3.8, 4) is 0 Å². The molecule has 8 rings (SSSR count). The van der Waals surface area contributed by atoms with E-state index in [4.69, 9.17) is 18.9 Å². The Morgan fingerprint density at radius 1 is 1.06 bits per heavy atom. The van der Waals surface area contributed by atoms with Gasteiger partial charge in [-0.15, -0.1) is 0 Å². The van der Waals surface area contributed by atoms with E-state index in [0.717, 1.165) is 38.8 Å². The summed E-state index contributed by atoms with van der Waals surface area (Å²) in [5.74, 6) is 2.41. The van der Waals surface area contributed by atoms with Crippen LogP contribution in [0, 0.1) is 56.7 Å². The molecule has 0 unspecified atom stereocenters. The minimum Gasteiger partial charge on any atom is -0.390 e. The molecule has 1 amide bonds. The lowest BCUT2D eigenvalue weighted by molar-refractivity contribution is -0.248. The molecular weight excluding hydrogens is 632 g/mol. The van der Waals surface area contributed by atoms with E-state index in [1.165, 1.54) is 25.7 Å². The van der Waals surface area contributed by atoms with Crippen molar-refractivity contribution in [2.24, 2.45) is 56.7 Å². The highest BCUT2D eigenvalue weighted by molar-refractivity contribution is 5.76. The molecule has 14 atom stereocenters. The fraction of sp³-hybridized carbons (Fsp3) is 0.976. The zero-order valence-electron chi connectivity index (χ0n) is 32.3. The maximum Gasteiger partial charge on any atom is 0.223 e. The van der Waals surface area contributed by atoms with Gasteiger partial charge in [0.15, 0.2) is 6.29 Å². The molecule has 3 heterocycles. The van der Waals surface area contributed by atoms with E-state index in [0.29, 0.717) is 67.7 Å². The minimum atomic E-state index is -1.02. The van der Waals surface area contributed by atoms with Crippen LogP contribution in [-0.4, -0.2) is 103 Å². The molecule has 0 aromatic carbocycles. The van der Waals surface area contributed by atoms with E-state index in [2.05, 4.69) is 39.9 Å². The Morgan fingerprint density at radius 3 is 2.46 bits per heavy atom. The SMILES string of the molecule is CCO[C@@H]([C@H]1C[C@@H](C)[C@H]2[C@H](O1)[C@H](O)[C@@]1(C)[C@@H]3CC[C@H]4C(C)(C)[C@@H](O[C@H]5CN(C(=O)CC6CNC6)CCO5)CC[C@@]45C[C@@]35CC[C@]21C)C(C)(C)O. The first-order chi connectivity index (χ1) is 23.5. The van der Waals surface area contributed by atoms with Crippen molar-refractivity contribution in [2.45, 2.75) is 156 Å². The van der Waals surface area contributed by atoms with Gasteiger partial charge < -0.3 is 39.4 Å². The number of ether oxygens (including phenoxy) is 4. The number of amides is 1. The Morgan fingerprint density at radius 2 is 1.78 bits per heavy atom. The van der Waals surface area contributed by atoms with Gasteiger partial charge in [-0.1, -0.05) is 34.6 Å². The summed E-state index contributed by atoms with van der Waals surface area (Å²) in [4.78, 5) is 15.0. The lowest BCUT2D eigenvalue weighted by atomic mass is 9.41. The number of aliphatic hydroxyl groups excluding tert-OH is 1. The number of hydrogen-bond acceptors (Lipinski definition) is 8. The van der Waals surface area contributed by atoms with Crippen LogP contribution in [0.2, 0.25) is 0 Å². The Hall–Kier alpha value is -0.810. The van der Waals surface area contributed by atoms with Crippen LogP contribution in [0.1, 0.15) is 113 Å². The van der Waals surface area contributed by atoms with E-state index in [-0.39, 0.29) is 52.2 Å². The monoisotopic (exact) mass is 701 g/mol. The number of carbonyl (C=O) groups is 1. The number of rotatable bonds is 8. The summed E-state index contributed by atoms with van der Waals surface area (Å²) in [5, 5.41) is 27.0. The van der Waals surface area contributed by atoms with Crippen molar-refractivity contribution < 1.29 is 34.0 Å². The van der Waals surface area contributed by atoms with Crippen molar-refractivity contribution in [3.63, 3.8) is 0 Å². The van der Waals surface area contributed by atoms with Crippen LogP contribution in [0.15, 0.2) is 0 Å². The fourth-order valence-corrected chi connectivity index (χ4v) is 14.7. The molecule has 0 aromatic heterocycles. The quantitative estimate of drug-likeness (QED) is 0.319. The predicted octanol–water partition coefficient (Wildman–Crippen LogP) is 5.16. The molecule has 9 nitrogen and oxygen atoms in total. The molecule has 3 N–H and O–H groups in total. The molecule has 0 radical (unpaired) electrons. The van der Waals surface area contributed by atoms with Crippen LogP contribution in [0.5, 0.6) is 0 Å². The Labute approximate surface area is 301 Å². The summed E-state index contributed by atoms with van der Waals surface area (Å²) in [6, 6.07) is 0. The molecule has 0 bridgehead atoms. The van der Waals surface area contributed by atoms with Crippen LogP contribution >= 0.6 is 0 Å². The summed E-state index contributed by atoms with van der Waals surface area (Å²) in [7, 11) is 0. The topological polar surface area (TPSA) is 110 Å². The summed E-state index contributed by atoms with van der Waals surface area (Å²) in [6.45, 7) is 22.0. The summed E-state index contributed by atoms with van der Waals surface area (Å²) in [5.41, 5.74) is -0.683. The second-order valence-corrected chi connectivity index (χ2v) is 20.1. The highest BCUT2D eigenvalue weighted by atomic mass is 16.7. The average molecular weight is 701 g/mol. The third-order valence-electron chi connectivity index (χ3n) is 17.2. The van der Waals surface area contributed by atoms with Crippen molar-refractivity contribution in [1.82, 2.24) is 10.2 Å². The third kappa shape index (κ3) is 4.98. The molecule has 5 saturated carbocycles. The Balaban J connectivity index is 0.995. The first-order valence-corrected chi connectivity index (χ1v) is 20.5. The second-order valence-electron chi connectivity index (χ2n) is 20.1. The summed E-state index contributed by atoms with van der Waals surface area (Å²) < 4.78 is 26.1. The maximum absolute atomic E-state index is 13.0. The Kier molecular flexibility index (Phi) is 8.75. The lowest BCUT2D eigenvalue weighted by Crippen LogP contribution is -2.60. The number of carbonyl (C=O) groups excluding carboxylic acids is 1. The first-order valence-electron chi connectivity index (χ1n) is 20.5. The van der Waals surface area contributed by atoms with Crippen molar-refractivity contribution in [3.05, 3.63) is 0 Å². The number of morpholine rings is 1. The van der Waals surface area contributed by atoms with Gasteiger partial charge in [0, 0.05) is 25.0 Å². The van der Waals surface area contributed by atoms with Crippen molar-refractivity contribution in [1.29, 1.82) is 0 Å². The van der Waals surface area contributed by atoms with E-state index in [1.54, 1.807) is 0 Å². The molecule has 8 aliphatic rings. The molecule has 284 valence electrons. The number of hydrogen-bond donors (Lipinski definition) is 3. The normalized spacial score (nSPS) is 50.2. The lowest BCUT2D eigenvalue weighted by Gasteiger charge is -2.64. The first kappa shape index (κ1) is 36.2. The molecule has 2 spiro atoms. The van der Waals surface area contributed by atoms with Gasteiger partial charge in [-0.3, -0.25) is 4.79 Å². The number of fused-ring (bicyclic) bond motifs is 4. The summed E-state index contributed by atoms with van der Waals surface area (Å²) >= 11 is 0. The maximum atomic E-state index is 13.0. The predicted molar refractivity (Wildman–Crippen MR) is 190 cm³/mol. The molecule has 8 fully saturated rings. The third-order valence-corrected chi connectivity index (χ3v) is 17.2. The van der Waals surface area contributed by atoms with Crippen LogP contribution in [0.3, 0.4) is 0 Å². The second kappa shape index (κ2) is 12.1. The number of nitrogens with one attached hydrogen (secondary N) is 1. The van der Waals surface area contributed by atoms with Gasteiger partial charge in [-0.05, 0) is 136 Å². The molecule has 5 aliphatic carbocycles. The van der Waals surface area contributed by atoms with Crippen LogP contribution in [0.4, 0.5) is 0 Å². The van der Waals surface area contributed by atoms with E-state index < -0.39 is 17.8 Å². The molecule has 3 saturated heterocycles. The minimum absolute atomic E-state index is 0.000134. The highest BCUT2D eigenvalue weighted by Crippen LogP contribution is 2.89. The fourth-order valence-electron chi connectivity index (χ4n) is 14.7. The van der Waals surface area contributed by atoms with E-state index >= 15 is 0 Å². The highest BCUT2D eigenvalue weighted by Gasteiger charge is 2.84. The molecule has 9 heteroatoms. The molecule has 3 aliphatic heterocycles. The van der Waals surface area contributed by atoms with E-state index in [9.17, 15) is 15.0 Å².